The fraction of sp³-hybridized carbons (Fsp3) is 0.190. The van der Waals surface area contributed by atoms with Crippen LogP contribution in [0.3, 0.4) is 0 Å². The fourth-order valence-corrected chi connectivity index (χ4v) is 3.32. The van der Waals surface area contributed by atoms with E-state index in [0.717, 1.165) is 16.6 Å². The van der Waals surface area contributed by atoms with E-state index in [2.05, 4.69) is 15.3 Å². The summed E-state index contributed by atoms with van der Waals surface area (Å²) < 4.78 is 10.7. The normalized spacial score (nSPS) is 12.2. The third-order valence-electron chi connectivity index (χ3n) is 4.56. The smallest absolute Gasteiger partial charge is 0.336 e. The molecule has 4 aromatic rings. The highest BCUT2D eigenvalue weighted by atomic mass is 35.5. The minimum absolute atomic E-state index is 0.244. The van der Waals surface area contributed by atoms with Crippen molar-refractivity contribution in [2.24, 2.45) is 0 Å². The number of fused-ring (bicyclic) bond motifs is 2. The van der Waals surface area contributed by atoms with Gasteiger partial charge in [0.2, 0.25) is 0 Å². The molecule has 7 nitrogen and oxygen atoms in total. The third kappa shape index (κ3) is 3.95. The zero-order chi connectivity index (χ0) is 20.5. The van der Waals surface area contributed by atoms with Gasteiger partial charge in [0.05, 0.1) is 22.1 Å². The van der Waals surface area contributed by atoms with E-state index in [1.165, 1.54) is 12.1 Å². The van der Waals surface area contributed by atoms with Crippen molar-refractivity contribution in [2.75, 3.05) is 6.61 Å². The van der Waals surface area contributed by atoms with Gasteiger partial charge < -0.3 is 19.5 Å². The van der Waals surface area contributed by atoms with Crippen molar-refractivity contribution in [1.82, 2.24) is 15.3 Å². The van der Waals surface area contributed by atoms with Crippen LogP contribution in [0.15, 0.2) is 51.7 Å². The van der Waals surface area contributed by atoms with E-state index in [9.17, 15) is 9.59 Å². The maximum absolute atomic E-state index is 12.3. The Morgan fingerprint density at radius 2 is 2.10 bits per heavy atom. The molecule has 0 aliphatic rings. The van der Waals surface area contributed by atoms with Crippen molar-refractivity contribution in [2.45, 2.75) is 19.9 Å². The predicted octanol–water partition coefficient (Wildman–Crippen LogP) is 3.89. The van der Waals surface area contributed by atoms with Crippen molar-refractivity contribution in [3.05, 3.63) is 69.3 Å². The Morgan fingerprint density at radius 1 is 1.31 bits per heavy atom. The van der Waals surface area contributed by atoms with Gasteiger partial charge >= 0.3 is 5.63 Å². The molecule has 1 atom stereocenters. The van der Waals surface area contributed by atoms with Crippen LogP contribution in [0.1, 0.15) is 24.4 Å². The van der Waals surface area contributed by atoms with Crippen molar-refractivity contribution >= 4 is 39.5 Å². The van der Waals surface area contributed by atoms with Gasteiger partial charge in [0.1, 0.15) is 17.2 Å². The van der Waals surface area contributed by atoms with Crippen molar-refractivity contribution < 1.29 is 13.9 Å². The number of benzene rings is 2. The van der Waals surface area contributed by atoms with Gasteiger partial charge in [0, 0.05) is 17.5 Å². The molecule has 0 radical (unpaired) electrons. The van der Waals surface area contributed by atoms with E-state index in [1.807, 2.05) is 31.2 Å². The van der Waals surface area contributed by atoms with Crippen LogP contribution < -0.4 is 15.7 Å². The Labute approximate surface area is 170 Å². The van der Waals surface area contributed by atoms with E-state index < -0.39 is 5.63 Å². The maximum atomic E-state index is 12.3. The molecular weight excluding hydrogens is 394 g/mol. The van der Waals surface area contributed by atoms with Crippen LogP contribution in [0.5, 0.6) is 5.75 Å². The van der Waals surface area contributed by atoms with Gasteiger partial charge in [-0.25, -0.2) is 9.78 Å². The first kappa shape index (κ1) is 19.0. The molecule has 0 saturated carbocycles. The fourth-order valence-electron chi connectivity index (χ4n) is 3.10. The number of aromatic nitrogens is 2. The molecule has 4 rings (SSSR count). The Hall–Kier alpha value is -3.32. The summed E-state index contributed by atoms with van der Waals surface area (Å²) in [5.41, 5.74) is 2.38. The number of rotatable bonds is 5. The van der Waals surface area contributed by atoms with Crippen LogP contribution >= 0.6 is 11.6 Å². The molecular formula is C21H18ClN3O4. The molecule has 0 aliphatic carbocycles. The summed E-state index contributed by atoms with van der Waals surface area (Å²) in [6, 6.07) is 11.9. The quantitative estimate of drug-likeness (QED) is 0.485. The minimum Gasteiger partial charge on any atom is -0.482 e. The Bertz CT molecular complexity index is 1250. The first-order valence-electron chi connectivity index (χ1n) is 9.01. The second kappa shape index (κ2) is 7.60. The molecule has 29 heavy (non-hydrogen) atoms. The first-order valence-corrected chi connectivity index (χ1v) is 9.39. The molecule has 0 spiro atoms. The number of hydrogen-bond acceptors (Lipinski definition) is 5. The highest BCUT2D eigenvalue weighted by Crippen LogP contribution is 2.31. The molecule has 2 heterocycles. The lowest BCUT2D eigenvalue weighted by atomic mass is 10.1. The predicted molar refractivity (Wildman–Crippen MR) is 110 cm³/mol. The standard InChI is InChI=1S/C21H18ClN3O4/c1-11-7-20(27)29-17-9-18(14(22)8-13(11)17)28-10-19(26)23-12(2)21-24-15-5-3-4-6-16(15)25-21/h3-9,12H,10H2,1-2H3,(H,23,26)(H,24,25). The van der Waals surface area contributed by atoms with E-state index in [4.69, 9.17) is 20.8 Å². The zero-order valence-electron chi connectivity index (χ0n) is 15.8. The first-order chi connectivity index (χ1) is 13.9. The monoisotopic (exact) mass is 411 g/mol. The lowest BCUT2D eigenvalue weighted by Gasteiger charge is -2.13. The number of nitrogens with zero attached hydrogens (tertiary/aromatic N) is 1. The number of aromatic amines is 1. The lowest BCUT2D eigenvalue weighted by Crippen LogP contribution is -2.31. The number of halogens is 1. The van der Waals surface area contributed by atoms with Gasteiger partial charge in [-0.1, -0.05) is 23.7 Å². The summed E-state index contributed by atoms with van der Waals surface area (Å²) in [5, 5.41) is 3.87. The second-order valence-corrected chi connectivity index (χ2v) is 7.15. The van der Waals surface area contributed by atoms with E-state index in [-0.39, 0.29) is 24.3 Å². The van der Waals surface area contributed by atoms with E-state index >= 15 is 0 Å². The molecule has 2 N–H and O–H groups in total. The summed E-state index contributed by atoms with van der Waals surface area (Å²) >= 11 is 6.25. The van der Waals surface area contributed by atoms with Crippen molar-refractivity contribution in [3.63, 3.8) is 0 Å². The lowest BCUT2D eigenvalue weighted by molar-refractivity contribution is -0.123. The second-order valence-electron chi connectivity index (χ2n) is 6.74. The van der Waals surface area contributed by atoms with Gasteiger partial charge in [0.25, 0.3) is 5.91 Å². The third-order valence-corrected chi connectivity index (χ3v) is 4.85. The SMILES string of the molecule is Cc1cc(=O)oc2cc(OCC(=O)NC(C)c3nc4ccccc4[nH]3)c(Cl)cc12. The number of nitrogens with one attached hydrogen (secondary N) is 2. The molecule has 0 saturated heterocycles. The number of amides is 1. The van der Waals surface area contributed by atoms with Crippen LogP contribution in [-0.2, 0) is 4.79 Å². The van der Waals surface area contributed by atoms with E-state index in [0.29, 0.717) is 21.8 Å². The largest absolute Gasteiger partial charge is 0.482 e. The number of H-pyrrole nitrogens is 1. The Kier molecular flexibility index (Phi) is 4.98. The number of para-hydroxylation sites is 2. The average Bonchev–Trinajstić information content (AvgIpc) is 3.11. The molecule has 2 aromatic carbocycles. The number of imidazole rings is 1. The maximum Gasteiger partial charge on any atom is 0.336 e. The van der Waals surface area contributed by atoms with Gasteiger partial charge in [0.15, 0.2) is 6.61 Å². The van der Waals surface area contributed by atoms with Crippen LogP contribution in [0.4, 0.5) is 0 Å². The number of hydrogen-bond donors (Lipinski definition) is 2. The van der Waals surface area contributed by atoms with E-state index in [1.54, 1.807) is 13.0 Å². The number of carbonyl (C=O) groups excluding carboxylic acids is 1. The van der Waals surface area contributed by atoms with Crippen LogP contribution in [0.2, 0.25) is 5.02 Å². The minimum atomic E-state index is -0.458. The number of aryl methyl sites for hydroxylation is 1. The summed E-state index contributed by atoms with van der Waals surface area (Å²) in [4.78, 5) is 31.5. The Balaban J connectivity index is 1.45. The van der Waals surface area contributed by atoms with Crippen molar-refractivity contribution in [3.8, 4) is 5.75 Å². The van der Waals surface area contributed by atoms with Gasteiger partial charge in [-0.2, -0.15) is 0 Å². The summed E-state index contributed by atoms with van der Waals surface area (Å²) in [7, 11) is 0. The molecule has 148 valence electrons. The van der Waals surface area contributed by atoms with Crippen LogP contribution in [-0.4, -0.2) is 22.5 Å². The highest BCUT2D eigenvalue weighted by molar-refractivity contribution is 6.32. The van der Waals surface area contributed by atoms with Crippen LogP contribution in [0, 0.1) is 6.92 Å². The summed E-state index contributed by atoms with van der Waals surface area (Å²) in [6.45, 7) is 3.38. The molecule has 8 heteroatoms. The zero-order valence-corrected chi connectivity index (χ0v) is 16.5. The molecule has 2 aromatic heterocycles. The van der Waals surface area contributed by atoms with Gasteiger partial charge in [-0.15, -0.1) is 0 Å². The molecule has 1 unspecified atom stereocenters. The molecule has 1 amide bonds. The summed E-state index contributed by atoms with van der Waals surface area (Å²) in [6.07, 6.45) is 0. The topological polar surface area (TPSA) is 97.2 Å². The van der Waals surface area contributed by atoms with Gasteiger partial charge in [-0.05, 0) is 37.6 Å². The van der Waals surface area contributed by atoms with Crippen LogP contribution in [0.25, 0.3) is 22.0 Å². The highest BCUT2D eigenvalue weighted by Gasteiger charge is 2.15. The summed E-state index contributed by atoms with van der Waals surface area (Å²) in [5.74, 6) is 0.583. The molecule has 0 fully saturated rings. The van der Waals surface area contributed by atoms with Gasteiger partial charge in [-0.3, -0.25) is 4.79 Å². The number of carbonyl (C=O) groups is 1. The number of ether oxygens (including phenoxy) is 1. The molecule has 0 bridgehead atoms. The molecule has 0 aliphatic heterocycles. The van der Waals surface area contributed by atoms with Crippen molar-refractivity contribution in [1.29, 1.82) is 0 Å². The Morgan fingerprint density at radius 3 is 2.90 bits per heavy atom. The average molecular weight is 412 g/mol.